The van der Waals surface area contributed by atoms with Crippen LogP contribution in [0.4, 0.5) is 0 Å². The summed E-state index contributed by atoms with van der Waals surface area (Å²) in [6.07, 6.45) is 1.93. The molecule has 0 saturated carbocycles. The summed E-state index contributed by atoms with van der Waals surface area (Å²) in [4.78, 5) is 4.04. The molecule has 0 saturated heterocycles. The van der Waals surface area contributed by atoms with Gasteiger partial charge < -0.3 is 0 Å². The highest BCUT2D eigenvalue weighted by molar-refractivity contribution is 5.34. The Kier molecular flexibility index (Phi) is 5.71. The van der Waals surface area contributed by atoms with E-state index in [-0.39, 0.29) is 6.17 Å². The minimum absolute atomic E-state index is 0.0750. The third-order valence-corrected chi connectivity index (χ3v) is 1.45. The molecule has 3 heteroatoms. The molecule has 0 aliphatic carbocycles. The molecule has 0 aromatic heterocycles. The van der Waals surface area contributed by atoms with Gasteiger partial charge in [-0.3, -0.25) is 5.73 Å². The van der Waals surface area contributed by atoms with Crippen molar-refractivity contribution < 1.29 is 4.58 Å². The number of hydrogen-bond donors (Lipinski definition) is 1. The Morgan fingerprint density at radius 2 is 2.18 bits per heavy atom. The number of hydrogen-bond acceptors (Lipinski definition) is 2. The number of nitrogens with two attached hydrogens (primary N) is 1. The zero-order valence-corrected chi connectivity index (χ0v) is 7.67. The van der Waals surface area contributed by atoms with Gasteiger partial charge in [0.2, 0.25) is 0 Å². The molecule has 0 radical (unpaired) electrons. The second-order valence-electron chi connectivity index (χ2n) is 2.60. The van der Waals surface area contributed by atoms with Gasteiger partial charge >= 0.3 is 6.01 Å². The number of nitrogens with zero attached hydrogens (tertiary/aromatic N) is 2. The van der Waals surface area contributed by atoms with Crippen molar-refractivity contribution in [1.82, 2.24) is 0 Å². The van der Waals surface area contributed by atoms with E-state index in [1.54, 1.807) is 0 Å². The molecule has 3 nitrogen and oxygen atoms in total. The van der Waals surface area contributed by atoms with Gasteiger partial charge in [0, 0.05) is 6.42 Å². The average molecular weight is 156 g/mol. The molecule has 0 bridgehead atoms. The Labute approximate surface area is 68.6 Å². The second-order valence-corrected chi connectivity index (χ2v) is 2.60. The Hall–Kier alpha value is -0.660. The third-order valence-electron chi connectivity index (χ3n) is 1.45. The quantitative estimate of drug-likeness (QED) is 0.477. The van der Waals surface area contributed by atoms with Crippen molar-refractivity contribution in [2.75, 3.05) is 13.6 Å². The smallest absolute Gasteiger partial charge is 0.289 e. The largest absolute Gasteiger partial charge is 0.307 e. The van der Waals surface area contributed by atoms with Crippen LogP contribution in [0, 0.1) is 0 Å². The summed E-state index contributed by atoms with van der Waals surface area (Å²) < 4.78 is 1.88. The Balaban J connectivity index is 3.89. The summed E-state index contributed by atoms with van der Waals surface area (Å²) in [5.41, 5.74) is 5.63. The van der Waals surface area contributed by atoms with Crippen molar-refractivity contribution in [3.05, 3.63) is 0 Å². The monoisotopic (exact) mass is 156 g/mol. The van der Waals surface area contributed by atoms with Crippen LogP contribution >= 0.6 is 0 Å². The van der Waals surface area contributed by atoms with Crippen LogP contribution in [-0.4, -0.2) is 30.3 Å². The first-order valence-corrected chi connectivity index (χ1v) is 4.12. The van der Waals surface area contributed by atoms with Crippen LogP contribution in [0.1, 0.15) is 26.7 Å². The highest BCUT2D eigenvalue weighted by Crippen LogP contribution is 1.91. The molecular weight excluding hydrogens is 138 g/mol. The third kappa shape index (κ3) is 5.77. The van der Waals surface area contributed by atoms with Gasteiger partial charge in [0.15, 0.2) is 6.17 Å². The van der Waals surface area contributed by atoms with Gasteiger partial charge in [-0.2, -0.15) is 0 Å². The molecule has 0 spiro atoms. The maximum atomic E-state index is 5.63. The lowest BCUT2D eigenvalue weighted by molar-refractivity contribution is -0.486. The van der Waals surface area contributed by atoms with E-state index >= 15 is 0 Å². The van der Waals surface area contributed by atoms with Crippen LogP contribution in [-0.2, 0) is 0 Å². The molecule has 0 amide bonds. The van der Waals surface area contributed by atoms with Crippen molar-refractivity contribution >= 4 is 6.01 Å². The first kappa shape index (κ1) is 10.3. The summed E-state index contributed by atoms with van der Waals surface area (Å²) in [5.74, 6) is 0. The van der Waals surface area contributed by atoms with Gasteiger partial charge in [0.05, 0.1) is 13.6 Å². The predicted molar refractivity (Wildman–Crippen MR) is 47.0 cm³/mol. The van der Waals surface area contributed by atoms with E-state index in [2.05, 4.69) is 17.9 Å². The lowest BCUT2D eigenvalue weighted by Gasteiger charge is -1.92. The van der Waals surface area contributed by atoms with Gasteiger partial charge in [-0.15, -0.1) is 0 Å². The van der Waals surface area contributed by atoms with Crippen LogP contribution < -0.4 is 5.73 Å². The Bertz CT molecular complexity index is 157. The maximum absolute atomic E-state index is 5.63. The standard InChI is InChI=1S/C8H18N3/c1-4-6-8(9)10-7-11(3)5-2/h8H,4-6,9H2,1-3H3/q+1. The van der Waals surface area contributed by atoms with Crippen molar-refractivity contribution in [2.45, 2.75) is 32.9 Å². The van der Waals surface area contributed by atoms with Crippen LogP contribution in [0.2, 0.25) is 0 Å². The molecule has 64 valence electrons. The molecule has 11 heavy (non-hydrogen) atoms. The molecule has 0 aliphatic heterocycles. The molecule has 1 atom stereocenters. The van der Waals surface area contributed by atoms with Crippen molar-refractivity contribution in [2.24, 2.45) is 10.7 Å². The number of rotatable bonds is 4. The highest BCUT2D eigenvalue weighted by Gasteiger charge is 2.00. The number of aliphatic imine (C=N–C) groups is 1. The Morgan fingerprint density at radius 1 is 1.55 bits per heavy atom. The molecule has 1 unspecified atom stereocenters. The highest BCUT2D eigenvalue weighted by atomic mass is 15.0. The van der Waals surface area contributed by atoms with Gasteiger partial charge in [-0.05, 0) is 11.9 Å². The SMILES string of the molecule is CCCC(N)N=C=[N+](C)CC. The van der Waals surface area contributed by atoms with Gasteiger partial charge in [-0.25, -0.2) is 4.58 Å². The molecule has 0 rings (SSSR count). The minimum atomic E-state index is -0.0750. The van der Waals surface area contributed by atoms with E-state index in [1.807, 2.05) is 18.5 Å². The first-order valence-electron chi connectivity index (χ1n) is 4.12. The fourth-order valence-corrected chi connectivity index (χ4v) is 0.604. The van der Waals surface area contributed by atoms with Crippen LogP contribution in [0.15, 0.2) is 4.99 Å². The fraction of sp³-hybridized carbons (Fsp3) is 0.875. The normalized spacial score (nSPS) is 12.0. The van der Waals surface area contributed by atoms with Crippen molar-refractivity contribution in [3.63, 3.8) is 0 Å². The van der Waals surface area contributed by atoms with E-state index in [9.17, 15) is 0 Å². The summed E-state index contributed by atoms with van der Waals surface area (Å²) in [6, 6.07) is 2.85. The van der Waals surface area contributed by atoms with Gasteiger partial charge in [0.25, 0.3) is 0 Å². The molecule has 0 fully saturated rings. The van der Waals surface area contributed by atoms with Crippen LogP contribution in [0.25, 0.3) is 0 Å². The zero-order chi connectivity index (χ0) is 8.69. The Morgan fingerprint density at radius 3 is 2.64 bits per heavy atom. The van der Waals surface area contributed by atoms with Crippen LogP contribution in [0.3, 0.4) is 0 Å². The summed E-state index contributed by atoms with van der Waals surface area (Å²) in [6.45, 7) is 5.06. The van der Waals surface area contributed by atoms with Gasteiger partial charge in [-0.1, -0.05) is 13.3 Å². The van der Waals surface area contributed by atoms with E-state index in [1.165, 1.54) is 0 Å². The topological polar surface area (TPSA) is 41.4 Å². The van der Waals surface area contributed by atoms with E-state index in [0.717, 1.165) is 19.4 Å². The first-order chi connectivity index (χ1) is 5.20. The molecule has 0 aromatic carbocycles. The molecule has 0 aliphatic rings. The molecule has 2 N–H and O–H groups in total. The lowest BCUT2D eigenvalue weighted by atomic mass is 10.3. The second kappa shape index (κ2) is 6.08. The van der Waals surface area contributed by atoms with Crippen LogP contribution in [0.5, 0.6) is 0 Å². The van der Waals surface area contributed by atoms with E-state index < -0.39 is 0 Å². The van der Waals surface area contributed by atoms with E-state index in [4.69, 9.17) is 5.73 Å². The molecular formula is C8H18N3+. The van der Waals surface area contributed by atoms with Crippen molar-refractivity contribution in [3.8, 4) is 0 Å². The predicted octanol–water partition coefficient (Wildman–Crippen LogP) is 0.907. The van der Waals surface area contributed by atoms with E-state index in [0.29, 0.717) is 0 Å². The summed E-state index contributed by atoms with van der Waals surface area (Å²) in [7, 11) is 1.93. The summed E-state index contributed by atoms with van der Waals surface area (Å²) in [5, 5.41) is 0. The fourth-order valence-electron chi connectivity index (χ4n) is 0.604. The lowest BCUT2D eigenvalue weighted by Crippen LogP contribution is -2.16. The zero-order valence-electron chi connectivity index (χ0n) is 7.67. The van der Waals surface area contributed by atoms with Gasteiger partial charge in [0.1, 0.15) is 0 Å². The minimum Gasteiger partial charge on any atom is -0.289 e. The summed E-state index contributed by atoms with van der Waals surface area (Å²) >= 11 is 0. The average Bonchev–Trinajstić information content (AvgIpc) is 2.01. The molecule has 0 heterocycles. The molecule has 0 aromatic rings. The maximum Gasteiger partial charge on any atom is 0.307 e. The van der Waals surface area contributed by atoms with Crippen molar-refractivity contribution in [1.29, 1.82) is 0 Å².